The van der Waals surface area contributed by atoms with E-state index in [4.69, 9.17) is 0 Å². The molecular weight excluding hydrogens is 260 g/mol. The second-order valence-electron chi connectivity index (χ2n) is 5.69. The van der Waals surface area contributed by atoms with Crippen molar-refractivity contribution in [3.63, 3.8) is 0 Å². The van der Waals surface area contributed by atoms with Crippen LogP contribution in [0.3, 0.4) is 0 Å². The third-order valence-corrected chi connectivity index (χ3v) is 3.41. The van der Waals surface area contributed by atoms with Crippen LogP contribution in [0.25, 0.3) is 0 Å². The molecule has 1 N–H and O–H groups in total. The maximum absolute atomic E-state index is 4.21. The van der Waals surface area contributed by atoms with Gasteiger partial charge in [0.2, 0.25) is 0 Å². The molecule has 0 saturated carbocycles. The first kappa shape index (κ1) is 15.7. The second kappa shape index (κ2) is 7.96. The molecule has 0 bridgehead atoms. The number of benzene rings is 1. The number of rotatable bonds is 8. The lowest BCUT2D eigenvalue weighted by molar-refractivity contribution is 0.319. The Hall–Kier alpha value is -1.65. The smallest absolute Gasteiger partial charge is 0.0534 e. The predicted octanol–water partition coefficient (Wildman–Crippen LogP) is 2.55. The van der Waals surface area contributed by atoms with Gasteiger partial charge in [-0.05, 0) is 31.1 Å². The summed E-state index contributed by atoms with van der Waals surface area (Å²) in [6.45, 7) is 6.10. The Morgan fingerprint density at radius 2 is 1.95 bits per heavy atom. The minimum atomic E-state index is 0.923. The maximum Gasteiger partial charge on any atom is 0.0534 e. The lowest BCUT2D eigenvalue weighted by Gasteiger charge is -2.16. The molecule has 1 aromatic carbocycles. The average Bonchev–Trinajstić information content (AvgIpc) is 2.84. The van der Waals surface area contributed by atoms with Gasteiger partial charge in [0.1, 0.15) is 0 Å². The van der Waals surface area contributed by atoms with E-state index in [9.17, 15) is 0 Å². The van der Waals surface area contributed by atoms with Crippen molar-refractivity contribution in [3.05, 3.63) is 53.3 Å². The summed E-state index contributed by atoms with van der Waals surface area (Å²) in [7, 11) is 4.10. The van der Waals surface area contributed by atoms with E-state index >= 15 is 0 Å². The summed E-state index contributed by atoms with van der Waals surface area (Å²) in [5.74, 6) is 0. The fraction of sp³-hybridized carbons (Fsp3) is 0.471. The highest BCUT2D eigenvalue weighted by Crippen LogP contribution is 2.10. The van der Waals surface area contributed by atoms with Crippen molar-refractivity contribution in [1.29, 1.82) is 0 Å². The van der Waals surface area contributed by atoms with Crippen LogP contribution < -0.4 is 5.32 Å². The number of aryl methyl sites for hydroxylation is 1. The van der Waals surface area contributed by atoms with E-state index in [0.29, 0.717) is 0 Å². The molecule has 1 aromatic heterocycles. The van der Waals surface area contributed by atoms with Crippen LogP contribution in [-0.4, -0.2) is 28.3 Å². The number of nitrogens with one attached hydrogen (secondary N) is 1. The molecule has 0 unspecified atom stereocenters. The molecule has 0 spiro atoms. The Bertz CT molecular complexity index is 547. The Morgan fingerprint density at radius 3 is 2.67 bits per heavy atom. The van der Waals surface area contributed by atoms with Gasteiger partial charge >= 0.3 is 0 Å². The molecule has 2 rings (SSSR count). The zero-order valence-electron chi connectivity index (χ0n) is 13.3. The molecule has 21 heavy (non-hydrogen) atoms. The standard InChI is InChI=1S/C17H26N4/c1-4-8-18-10-15-6-5-7-16(9-15)12-20(2)13-17-11-19-21(3)14-17/h5-7,9,11,14,18H,4,8,10,12-13H2,1-3H3. The van der Waals surface area contributed by atoms with Gasteiger partial charge < -0.3 is 5.32 Å². The minimum absolute atomic E-state index is 0.923. The van der Waals surface area contributed by atoms with Crippen molar-refractivity contribution >= 4 is 0 Å². The first-order valence-corrected chi connectivity index (χ1v) is 7.62. The summed E-state index contributed by atoms with van der Waals surface area (Å²) in [5, 5.41) is 7.66. The van der Waals surface area contributed by atoms with Crippen LogP contribution in [0, 0.1) is 0 Å². The van der Waals surface area contributed by atoms with E-state index in [0.717, 1.165) is 26.2 Å². The van der Waals surface area contributed by atoms with E-state index in [-0.39, 0.29) is 0 Å². The van der Waals surface area contributed by atoms with Gasteiger partial charge in [0, 0.05) is 38.4 Å². The molecular formula is C17H26N4. The van der Waals surface area contributed by atoms with Gasteiger partial charge in [0.05, 0.1) is 6.20 Å². The Balaban J connectivity index is 1.88. The second-order valence-corrected chi connectivity index (χ2v) is 5.69. The molecule has 114 valence electrons. The molecule has 1 heterocycles. The van der Waals surface area contributed by atoms with Gasteiger partial charge in [0.15, 0.2) is 0 Å². The highest BCUT2D eigenvalue weighted by Gasteiger charge is 2.04. The SMILES string of the molecule is CCCNCc1cccc(CN(C)Cc2cnn(C)c2)c1. The van der Waals surface area contributed by atoms with Crippen molar-refractivity contribution in [2.45, 2.75) is 33.0 Å². The van der Waals surface area contributed by atoms with Gasteiger partial charge in [-0.3, -0.25) is 9.58 Å². The van der Waals surface area contributed by atoms with Crippen molar-refractivity contribution in [2.24, 2.45) is 7.05 Å². The van der Waals surface area contributed by atoms with Crippen LogP contribution in [-0.2, 0) is 26.7 Å². The topological polar surface area (TPSA) is 33.1 Å². The van der Waals surface area contributed by atoms with Crippen molar-refractivity contribution in [1.82, 2.24) is 20.0 Å². The Kier molecular flexibility index (Phi) is 5.96. The van der Waals surface area contributed by atoms with Gasteiger partial charge in [-0.1, -0.05) is 31.2 Å². The lowest BCUT2D eigenvalue weighted by atomic mass is 10.1. The van der Waals surface area contributed by atoms with Crippen LogP contribution in [0.15, 0.2) is 36.7 Å². The van der Waals surface area contributed by atoms with Crippen molar-refractivity contribution < 1.29 is 0 Å². The highest BCUT2D eigenvalue weighted by atomic mass is 15.2. The molecule has 0 aliphatic heterocycles. The van der Waals surface area contributed by atoms with Gasteiger partial charge in [0.25, 0.3) is 0 Å². The molecule has 0 saturated heterocycles. The monoisotopic (exact) mass is 286 g/mol. The number of nitrogens with zero attached hydrogens (tertiary/aromatic N) is 3. The quantitative estimate of drug-likeness (QED) is 0.757. The van der Waals surface area contributed by atoms with Crippen LogP contribution >= 0.6 is 0 Å². The third kappa shape index (κ3) is 5.33. The Morgan fingerprint density at radius 1 is 1.19 bits per heavy atom. The van der Waals surface area contributed by atoms with Crippen LogP contribution in [0.2, 0.25) is 0 Å². The van der Waals surface area contributed by atoms with Crippen LogP contribution in [0.4, 0.5) is 0 Å². The summed E-state index contributed by atoms with van der Waals surface area (Å²) >= 11 is 0. The fourth-order valence-electron chi connectivity index (χ4n) is 2.48. The summed E-state index contributed by atoms with van der Waals surface area (Å²) in [4.78, 5) is 2.32. The molecule has 0 amide bonds. The first-order chi connectivity index (χ1) is 10.2. The first-order valence-electron chi connectivity index (χ1n) is 7.62. The summed E-state index contributed by atoms with van der Waals surface area (Å²) in [6, 6.07) is 8.83. The predicted molar refractivity (Wildman–Crippen MR) is 86.8 cm³/mol. The molecule has 4 heteroatoms. The van der Waals surface area contributed by atoms with E-state index in [2.05, 4.69) is 59.7 Å². The normalized spacial score (nSPS) is 11.2. The van der Waals surface area contributed by atoms with Gasteiger partial charge in [-0.2, -0.15) is 5.10 Å². The molecule has 0 radical (unpaired) electrons. The Labute approximate surface area is 127 Å². The molecule has 0 aliphatic rings. The number of hydrogen-bond acceptors (Lipinski definition) is 3. The molecule has 0 aliphatic carbocycles. The molecule has 4 nitrogen and oxygen atoms in total. The summed E-state index contributed by atoms with van der Waals surface area (Å²) < 4.78 is 1.85. The number of hydrogen-bond donors (Lipinski definition) is 1. The average molecular weight is 286 g/mol. The zero-order valence-corrected chi connectivity index (χ0v) is 13.3. The molecule has 0 atom stereocenters. The van der Waals surface area contributed by atoms with Gasteiger partial charge in [-0.15, -0.1) is 0 Å². The summed E-state index contributed by atoms with van der Waals surface area (Å²) in [5.41, 5.74) is 3.97. The maximum atomic E-state index is 4.21. The molecule has 2 aromatic rings. The van der Waals surface area contributed by atoms with E-state index < -0.39 is 0 Å². The third-order valence-electron chi connectivity index (χ3n) is 3.41. The van der Waals surface area contributed by atoms with Crippen molar-refractivity contribution in [2.75, 3.05) is 13.6 Å². The zero-order chi connectivity index (χ0) is 15.1. The van der Waals surface area contributed by atoms with E-state index in [1.807, 2.05) is 17.9 Å². The number of aromatic nitrogens is 2. The van der Waals surface area contributed by atoms with E-state index in [1.165, 1.54) is 23.1 Å². The van der Waals surface area contributed by atoms with E-state index in [1.54, 1.807) is 0 Å². The van der Waals surface area contributed by atoms with Gasteiger partial charge in [-0.25, -0.2) is 0 Å². The lowest BCUT2D eigenvalue weighted by Crippen LogP contribution is -2.17. The largest absolute Gasteiger partial charge is 0.313 e. The minimum Gasteiger partial charge on any atom is -0.313 e. The van der Waals surface area contributed by atoms with Crippen LogP contribution in [0.5, 0.6) is 0 Å². The summed E-state index contributed by atoms with van der Waals surface area (Å²) in [6.07, 6.45) is 5.18. The fourth-order valence-corrected chi connectivity index (χ4v) is 2.48. The van der Waals surface area contributed by atoms with Crippen molar-refractivity contribution in [3.8, 4) is 0 Å². The molecule has 0 fully saturated rings. The van der Waals surface area contributed by atoms with Crippen LogP contribution in [0.1, 0.15) is 30.0 Å². The highest BCUT2D eigenvalue weighted by molar-refractivity contribution is 5.23.